The van der Waals surface area contributed by atoms with Crippen molar-refractivity contribution in [2.24, 2.45) is 0 Å². The predicted molar refractivity (Wildman–Crippen MR) is 89.9 cm³/mol. The average Bonchev–Trinajstić information content (AvgIpc) is 3.25. The summed E-state index contributed by atoms with van der Waals surface area (Å²) in [6.07, 6.45) is 3.59. The summed E-state index contributed by atoms with van der Waals surface area (Å²) in [5.41, 5.74) is 2.06. The van der Waals surface area contributed by atoms with Crippen LogP contribution in [0.5, 0.6) is 0 Å². The molecule has 25 heavy (non-hydrogen) atoms. The second-order valence-corrected chi connectivity index (χ2v) is 6.70. The number of nitrogens with zero attached hydrogens (tertiary/aromatic N) is 3. The number of carbonyl (C=O) groups is 1. The van der Waals surface area contributed by atoms with Gasteiger partial charge in [-0.15, -0.1) is 0 Å². The number of nitrogens with one attached hydrogen (secondary N) is 1. The number of pyridine rings is 1. The summed E-state index contributed by atoms with van der Waals surface area (Å²) in [7, 11) is 0. The third-order valence-electron chi connectivity index (χ3n) is 4.92. The van der Waals surface area contributed by atoms with E-state index in [2.05, 4.69) is 20.4 Å². The normalized spacial score (nSPS) is 26.4. The van der Waals surface area contributed by atoms with Gasteiger partial charge in [-0.25, -0.2) is 0 Å². The van der Waals surface area contributed by atoms with Crippen LogP contribution < -0.4 is 5.32 Å². The van der Waals surface area contributed by atoms with E-state index in [1.165, 1.54) is 6.20 Å². The standard InChI is InChI=1S/C18H22N4O3/c1-12-4-2-5-13(20-12)10-22-11-14(17-15(22)6-3-9-24-17)21-18(23)16-7-8-19-25-16/h2,4-5,7-8,14-15,17H,3,6,9-11H2,1H3,(H,21,23)/t14-,15-,17-/m1/s1. The highest BCUT2D eigenvalue weighted by Crippen LogP contribution is 2.30. The molecule has 0 aliphatic carbocycles. The van der Waals surface area contributed by atoms with Crippen molar-refractivity contribution in [2.45, 2.75) is 44.5 Å². The quantitative estimate of drug-likeness (QED) is 0.908. The first-order valence-corrected chi connectivity index (χ1v) is 8.70. The van der Waals surface area contributed by atoms with Crippen LogP contribution in [0.25, 0.3) is 0 Å². The van der Waals surface area contributed by atoms with E-state index < -0.39 is 0 Å². The number of amides is 1. The maximum absolute atomic E-state index is 12.3. The highest BCUT2D eigenvalue weighted by Gasteiger charge is 2.44. The smallest absolute Gasteiger partial charge is 0.290 e. The Labute approximate surface area is 146 Å². The van der Waals surface area contributed by atoms with Gasteiger partial charge in [0.05, 0.1) is 24.0 Å². The van der Waals surface area contributed by atoms with E-state index in [0.29, 0.717) is 6.04 Å². The number of fused-ring (bicyclic) bond motifs is 1. The number of likely N-dealkylation sites (tertiary alicyclic amines) is 1. The van der Waals surface area contributed by atoms with Gasteiger partial charge in [0.1, 0.15) is 0 Å². The summed E-state index contributed by atoms with van der Waals surface area (Å²) >= 11 is 0. The molecule has 132 valence electrons. The number of aromatic nitrogens is 2. The van der Waals surface area contributed by atoms with Crippen LogP contribution in [-0.2, 0) is 11.3 Å². The van der Waals surface area contributed by atoms with Crippen molar-refractivity contribution in [1.82, 2.24) is 20.4 Å². The number of hydrogen-bond acceptors (Lipinski definition) is 6. The zero-order valence-electron chi connectivity index (χ0n) is 14.2. The second kappa shape index (κ2) is 6.93. The van der Waals surface area contributed by atoms with E-state index in [-0.39, 0.29) is 23.8 Å². The maximum atomic E-state index is 12.3. The van der Waals surface area contributed by atoms with Gasteiger partial charge >= 0.3 is 0 Å². The number of aryl methyl sites for hydroxylation is 1. The zero-order valence-corrected chi connectivity index (χ0v) is 14.2. The predicted octanol–water partition coefficient (Wildman–Crippen LogP) is 1.54. The summed E-state index contributed by atoms with van der Waals surface area (Å²) in [4.78, 5) is 19.3. The maximum Gasteiger partial charge on any atom is 0.290 e. The van der Waals surface area contributed by atoms with Crippen molar-refractivity contribution in [3.05, 3.63) is 47.6 Å². The molecule has 2 aliphatic heterocycles. The molecule has 0 saturated carbocycles. The third-order valence-corrected chi connectivity index (χ3v) is 4.92. The Hall–Kier alpha value is -2.25. The van der Waals surface area contributed by atoms with E-state index in [9.17, 15) is 4.79 Å². The molecule has 7 nitrogen and oxygen atoms in total. The molecule has 2 saturated heterocycles. The van der Waals surface area contributed by atoms with E-state index >= 15 is 0 Å². The Morgan fingerprint density at radius 3 is 3.12 bits per heavy atom. The van der Waals surface area contributed by atoms with Crippen LogP contribution in [0.3, 0.4) is 0 Å². The summed E-state index contributed by atoms with van der Waals surface area (Å²) in [5, 5.41) is 6.64. The van der Waals surface area contributed by atoms with Gasteiger partial charge in [-0.1, -0.05) is 11.2 Å². The first-order chi connectivity index (χ1) is 12.2. The van der Waals surface area contributed by atoms with Crippen molar-refractivity contribution in [3.8, 4) is 0 Å². The van der Waals surface area contributed by atoms with E-state index in [4.69, 9.17) is 9.26 Å². The van der Waals surface area contributed by atoms with Crippen LogP contribution in [0.4, 0.5) is 0 Å². The highest BCUT2D eigenvalue weighted by atomic mass is 16.5. The lowest BCUT2D eigenvalue weighted by atomic mass is 10.0. The number of rotatable bonds is 4. The van der Waals surface area contributed by atoms with Crippen LogP contribution in [-0.4, -0.2) is 52.3 Å². The Morgan fingerprint density at radius 1 is 1.40 bits per heavy atom. The Morgan fingerprint density at radius 2 is 2.32 bits per heavy atom. The highest BCUT2D eigenvalue weighted by molar-refractivity contribution is 5.91. The lowest BCUT2D eigenvalue weighted by Crippen LogP contribution is -2.47. The molecule has 4 rings (SSSR count). The topological polar surface area (TPSA) is 80.5 Å². The van der Waals surface area contributed by atoms with Crippen molar-refractivity contribution >= 4 is 5.91 Å². The van der Waals surface area contributed by atoms with Gasteiger partial charge in [-0.3, -0.25) is 14.7 Å². The van der Waals surface area contributed by atoms with Crippen molar-refractivity contribution in [3.63, 3.8) is 0 Å². The fraction of sp³-hybridized carbons (Fsp3) is 0.500. The van der Waals surface area contributed by atoms with Crippen LogP contribution >= 0.6 is 0 Å². The lowest BCUT2D eigenvalue weighted by molar-refractivity contribution is -0.0214. The first-order valence-electron chi connectivity index (χ1n) is 8.70. The molecule has 2 aromatic rings. The molecule has 0 radical (unpaired) electrons. The summed E-state index contributed by atoms with van der Waals surface area (Å²) in [5.74, 6) is -0.0166. The molecule has 0 unspecified atom stereocenters. The van der Waals surface area contributed by atoms with Gasteiger partial charge in [-0.2, -0.15) is 0 Å². The number of hydrogen-bond donors (Lipinski definition) is 1. The molecular weight excluding hydrogens is 320 g/mol. The fourth-order valence-electron chi connectivity index (χ4n) is 3.83. The SMILES string of the molecule is Cc1cccc(CN2C[C@@H](NC(=O)c3ccno3)[C@H]3OCCC[C@H]32)n1. The van der Waals surface area contributed by atoms with E-state index in [1.54, 1.807) is 6.07 Å². The molecule has 1 amide bonds. The molecule has 0 bridgehead atoms. The lowest BCUT2D eigenvalue weighted by Gasteiger charge is -2.32. The average molecular weight is 342 g/mol. The van der Waals surface area contributed by atoms with Crippen LogP contribution in [0.2, 0.25) is 0 Å². The molecule has 2 aromatic heterocycles. The molecule has 3 atom stereocenters. The van der Waals surface area contributed by atoms with Crippen LogP contribution in [0, 0.1) is 6.92 Å². The van der Waals surface area contributed by atoms with Crippen molar-refractivity contribution in [2.75, 3.05) is 13.2 Å². The summed E-state index contributed by atoms with van der Waals surface area (Å²) in [6, 6.07) is 7.89. The molecule has 2 aliphatic rings. The van der Waals surface area contributed by atoms with Crippen molar-refractivity contribution < 1.29 is 14.1 Å². The number of ether oxygens (including phenoxy) is 1. The van der Waals surface area contributed by atoms with E-state index in [0.717, 1.165) is 43.9 Å². The van der Waals surface area contributed by atoms with E-state index in [1.807, 2.05) is 25.1 Å². The van der Waals surface area contributed by atoms with Gasteiger partial charge in [0.25, 0.3) is 5.91 Å². The van der Waals surface area contributed by atoms with Gasteiger partial charge in [0.15, 0.2) is 0 Å². The monoisotopic (exact) mass is 342 g/mol. The third kappa shape index (κ3) is 3.43. The first kappa shape index (κ1) is 16.2. The molecule has 2 fully saturated rings. The Kier molecular flexibility index (Phi) is 4.50. The van der Waals surface area contributed by atoms with Crippen molar-refractivity contribution in [1.29, 1.82) is 0 Å². The minimum atomic E-state index is -0.244. The molecule has 1 N–H and O–H groups in total. The Balaban J connectivity index is 1.48. The molecule has 0 aromatic carbocycles. The van der Waals surface area contributed by atoms with Crippen LogP contribution in [0.1, 0.15) is 34.8 Å². The fourth-order valence-corrected chi connectivity index (χ4v) is 3.83. The van der Waals surface area contributed by atoms with Crippen LogP contribution in [0.15, 0.2) is 35.0 Å². The number of carbonyl (C=O) groups excluding carboxylic acids is 1. The molecule has 4 heterocycles. The summed E-state index contributed by atoms with van der Waals surface area (Å²) in [6.45, 7) is 4.25. The molecule has 0 spiro atoms. The van der Waals surface area contributed by atoms with Gasteiger partial charge < -0.3 is 14.6 Å². The largest absolute Gasteiger partial charge is 0.374 e. The minimum Gasteiger partial charge on any atom is -0.374 e. The van der Waals surface area contributed by atoms with Gasteiger partial charge in [-0.05, 0) is 31.9 Å². The van der Waals surface area contributed by atoms with Gasteiger partial charge in [0.2, 0.25) is 5.76 Å². The Bertz CT molecular complexity index is 734. The molecule has 7 heteroatoms. The molecular formula is C18H22N4O3. The second-order valence-electron chi connectivity index (χ2n) is 6.70. The zero-order chi connectivity index (χ0) is 17.2. The summed E-state index contributed by atoms with van der Waals surface area (Å²) < 4.78 is 11.0. The minimum absolute atomic E-state index is 0.00503. The van der Waals surface area contributed by atoms with Gasteiger partial charge in [0, 0.05) is 37.5 Å².